The van der Waals surface area contributed by atoms with Crippen LogP contribution in [0, 0.1) is 11.8 Å². The minimum atomic E-state index is -0.579. The zero-order valence-corrected chi connectivity index (χ0v) is 13.5. The number of nitrogens with one attached hydrogen (secondary N) is 1. The Kier molecular flexibility index (Phi) is 3.74. The number of nitrogens with zero attached hydrogens (tertiary/aromatic N) is 1. The number of rotatable bonds is 2. The van der Waals surface area contributed by atoms with Gasteiger partial charge in [0.05, 0.1) is 0 Å². The number of amides is 2. The van der Waals surface area contributed by atoms with Crippen LogP contribution in [0.1, 0.15) is 65.7 Å². The van der Waals surface area contributed by atoms with Crippen molar-refractivity contribution in [3.05, 3.63) is 0 Å². The van der Waals surface area contributed by atoms with E-state index in [-0.39, 0.29) is 29.8 Å². The predicted octanol–water partition coefficient (Wildman–Crippen LogP) is 2.47. The molecule has 3 unspecified atom stereocenters. The maximum Gasteiger partial charge on any atom is 0.249 e. The Labute approximate surface area is 127 Å². The molecule has 0 bridgehead atoms. The molecule has 0 radical (unpaired) electrons. The van der Waals surface area contributed by atoms with E-state index in [0.29, 0.717) is 5.92 Å². The first-order valence-corrected chi connectivity index (χ1v) is 8.61. The second-order valence-corrected chi connectivity index (χ2v) is 7.66. The van der Waals surface area contributed by atoms with Gasteiger partial charge < -0.3 is 10.2 Å². The van der Waals surface area contributed by atoms with E-state index in [1.54, 1.807) is 0 Å². The summed E-state index contributed by atoms with van der Waals surface area (Å²) in [5.74, 6) is 0.961. The molecule has 118 valence electrons. The van der Waals surface area contributed by atoms with Crippen molar-refractivity contribution >= 4 is 11.8 Å². The molecule has 21 heavy (non-hydrogen) atoms. The SMILES string of the molecule is CC(C)C1C(=O)NC2(CCCC2)C(=O)N1C1CCCC1C. The predicted molar refractivity (Wildman–Crippen MR) is 81.6 cm³/mol. The Morgan fingerprint density at radius 1 is 1.14 bits per heavy atom. The summed E-state index contributed by atoms with van der Waals surface area (Å²) in [7, 11) is 0. The molecule has 2 saturated carbocycles. The van der Waals surface area contributed by atoms with Crippen LogP contribution in [0.2, 0.25) is 0 Å². The van der Waals surface area contributed by atoms with Gasteiger partial charge in [-0.2, -0.15) is 0 Å². The standard InChI is InChI=1S/C17H28N2O2/c1-11(2)14-15(20)18-17(9-4-5-10-17)16(21)19(14)13-8-6-7-12(13)3/h11-14H,4-10H2,1-3H3,(H,18,20). The Morgan fingerprint density at radius 2 is 1.81 bits per heavy atom. The molecule has 1 saturated heterocycles. The zero-order valence-electron chi connectivity index (χ0n) is 13.5. The normalized spacial score (nSPS) is 35.8. The average molecular weight is 292 g/mol. The Morgan fingerprint density at radius 3 is 2.33 bits per heavy atom. The molecule has 1 spiro atoms. The molecule has 3 aliphatic rings. The molecule has 3 rings (SSSR count). The number of carbonyl (C=O) groups excluding carboxylic acids is 2. The van der Waals surface area contributed by atoms with Crippen LogP contribution >= 0.6 is 0 Å². The molecule has 3 atom stereocenters. The van der Waals surface area contributed by atoms with Crippen LogP contribution in [0.15, 0.2) is 0 Å². The lowest BCUT2D eigenvalue weighted by Gasteiger charge is -2.49. The second-order valence-electron chi connectivity index (χ2n) is 7.66. The Balaban J connectivity index is 1.96. The van der Waals surface area contributed by atoms with Gasteiger partial charge in [0.2, 0.25) is 11.8 Å². The van der Waals surface area contributed by atoms with Crippen LogP contribution in [0.4, 0.5) is 0 Å². The highest BCUT2D eigenvalue weighted by Gasteiger charge is 2.55. The quantitative estimate of drug-likeness (QED) is 0.850. The van der Waals surface area contributed by atoms with Crippen molar-refractivity contribution in [1.82, 2.24) is 10.2 Å². The minimum Gasteiger partial charge on any atom is -0.340 e. The van der Waals surface area contributed by atoms with E-state index in [2.05, 4.69) is 26.1 Å². The fraction of sp³-hybridized carbons (Fsp3) is 0.882. The first-order chi connectivity index (χ1) is 9.96. The van der Waals surface area contributed by atoms with Crippen molar-refractivity contribution < 1.29 is 9.59 Å². The summed E-state index contributed by atoms with van der Waals surface area (Å²) < 4.78 is 0. The van der Waals surface area contributed by atoms with Crippen LogP contribution < -0.4 is 5.32 Å². The van der Waals surface area contributed by atoms with E-state index in [1.807, 2.05) is 4.90 Å². The first-order valence-electron chi connectivity index (χ1n) is 8.61. The van der Waals surface area contributed by atoms with Crippen molar-refractivity contribution in [3.63, 3.8) is 0 Å². The third kappa shape index (κ3) is 2.27. The summed E-state index contributed by atoms with van der Waals surface area (Å²) >= 11 is 0. The molecule has 0 aromatic carbocycles. The number of hydrogen-bond acceptors (Lipinski definition) is 2. The van der Waals surface area contributed by atoms with Crippen LogP contribution in [0.25, 0.3) is 0 Å². The topological polar surface area (TPSA) is 49.4 Å². The zero-order chi connectivity index (χ0) is 15.2. The van der Waals surface area contributed by atoms with Gasteiger partial charge in [-0.1, -0.05) is 40.0 Å². The fourth-order valence-corrected chi connectivity index (χ4v) is 4.70. The minimum absolute atomic E-state index is 0.0746. The third-order valence-corrected chi connectivity index (χ3v) is 5.84. The summed E-state index contributed by atoms with van der Waals surface area (Å²) in [6.45, 7) is 6.34. The largest absolute Gasteiger partial charge is 0.340 e. The number of carbonyl (C=O) groups is 2. The molecule has 1 aliphatic heterocycles. The summed E-state index contributed by atoms with van der Waals surface area (Å²) in [4.78, 5) is 28.0. The van der Waals surface area contributed by atoms with Crippen molar-refractivity contribution in [3.8, 4) is 0 Å². The molecule has 2 amide bonds. The van der Waals surface area contributed by atoms with Crippen molar-refractivity contribution in [2.24, 2.45) is 11.8 Å². The molecule has 3 fully saturated rings. The second kappa shape index (κ2) is 5.29. The van der Waals surface area contributed by atoms with Crippen LogP contribution in [-0.4, -0.2) is 34.3 Å². The Bertz CT molecular complexity index is 440. The van der Waals surface area contributed by atoms with E-state index in [9.17, 15) is 9.59 Å². The maximum absolute atomic E-state index is 13.3. The van der Waals surface area contributed by atoms with Gasteiger partial charge in [0.25, 0.3) is 0 Å². The van der Waals surface area contributed by atoms with E-state index in [0.717, 1.165) is 32.1 Å². The van der Waals surface area contributed by atoms with Gasteiger partial charge in [0.1, 0.15) is 11.6 Å². The van der Waals surface area contributed by atoms with Crippen LogP contribution in [0.3, 0.4) is 0 Å². The molecule has 1 heterocycles. The fourth-order valence-electron chi connectivity index (χ4n) is 4.70. The number of hydrogen-bond donors (Lipinski definition) is 1. The monoisotopic (exact) mass is 292 g/mol. The van der Waals surface area contributed by atoms with Crippen LogP contribution in [-0.2, 0) is 9.59 Å². The number of piperazine rings is 1. The van der Waals surface area contributed by atoms with Gasteiger partial charge in [0.15, 0.2) is 0 Å². The lowest BCUT2D eigenvalue weighted by Crippen LogP contribution is -2.72. The lowest BCUT2D eigenvalue weighted by atomic mass is 9.85. The van der Waals surface area contributed by atoms with Crippen molar-refractivity contribution in [2.75, 3.05) is 0 Å². The summed E-state index contributed by atoms with van der Waals surface area (Å²) in [5, 5.41) is 3.11. The molecule has 4 heteroatoms. The summed E-state index contributed by atoms with van der Waals surface area (Å²) in [6.07, 6.45) is 7.14. The summed E-state index contributed by atoms with van der Waals surface area (Å²) in [5.41, 5.74) is -0.579. The molecule has 1 N–H and O–H groups in total. The summed E-state index contributed by atoms with van der Waals surface area (Å²) in [6, 6.07) is -0.0253. The van der Waals surface area contributed by atoms with Gasteiger partial charge in [-0.15, -0.1) is 0 Å². The van der Waals surface area contributed by atoms with E-state index in [4.69, 9.17) is 0 Å². The van der Waals surface area contributed by atoms with Crippen LogP contribution in [0.5, 0.6) is 0 Å². The third-order valence-electron chi connectivity index (χ3n) is 5.84. The molecule has 0 aromatic rings. The van der Waals surface area contributed by atoms with Crippen molar-refractivity contribution in [1.29, 1.82) is 0 Å². The highest BCUT2D eigenvalue weighted by Crippen LogP contribution is 2.40. The first kappa shape index (κ1) is 14.9. The Hall–Kier alpha value is -1.06. The van der Waals surface area contributed by atoms with E-state index < -0.39 is 5.54 Å². The molecular weight excluding hydrogens is 264 g/mol. The van der Waals surface area contributed by atoms with E-state index in [1.165, 1.54) is 12.8 Å². The molecule has 2 aliphatic carbocycles. The molecule has 0 aromatic heterocycles. The average Bonchev–Trinajstić information content (AvgIpc) is 3.03. The lowest BCUT2D eigenvalue weighted by molar-refractivity contribution is -0.160. The highest BCUT2D eigenvalue weighted by atomic mass is 16.2. The van der Waals surface area contributed by atoms with Gasteiger partial charge in [-0.05, 0) is 37.5 Å². The van der Waals surface area contributed by atoms with Gasteiger partial charge >= 0.3 is 0 Å². The molecular formula is C17H28N2O2. The van der Waals surface area contributed by atoms with Gasteiger partial charge in [-0.3, -0.25) is 9.59 Å². The van der Waals surface area contributed by atoms with Gasteiger partial charge in [-0.25, -0.2) is 0 Å². The smallest absolute Gasteiger partial charge is 0.249 e. The van der Waals surface area contributed by atoms with E-state index >= 15 is 0 Å². The maximum atomic E-state index is 13.3. The molecule has 4 nitrogen and oxygen atoms in total. The van der Waals surface area contributed by atoms with Gasteiger partial charge in [0, 0.05) is 6.04 Å². The highest BCUT2D eigenvalue weighted by molar-refractivity contribution is 6.00. The van der Waals surface area contributed by atoms with Crippen molar-refractivity contribution in [2.45, 2.75) is 83.3 Å².